The molecule has 0 fully saturated rings. The standard InChI is InChI=1S/C14H17ClN4O/c1-9(2)19(8-11-5-4-6-12(15)7-11)14(20)13-16-10(3)17-18-13/h4-7,9H,8H2,1-3H3,(H,16,17,18). The van der Waals surface area contributed by atoms with Gasteiger partial charge in [0.25, 0.3) is 5.91 Å². The second-order valence-corrected chi connectivity index (χ2v) is 5.34. The molecule has 0 saturated heterocycles. The van der Waals surface area contributed by atoms with Gasteiger partial charge >= 0.3 is 0 Å². The highest BCUT2D eigenvalue weighted by molar-refractivity contribution is 6.30. The second kappa shape index (κ2) is 6.05. The van der Waals surface area contributed by atoms with E-state index in [2.05, 4.69) is 15.2 Å². The highest BCUT2D eigenvalue weighted by atomic mass is 35.5. The normalized spacial score (nSPS) is 10.8. The second-order valence-electron chi connectivity index (χ2n) is 4.90. The van der Waals surface area contributed by atoms with Crippen LogP contribution in [-0.4, -0.2) is 32.0 Å². The van der Waals surface area contributed by atoms with Crippen molar-refractivity contribution in [2.24, 2.45) is 0 Å². The highest BCUT2D eigenvalue weighted by Gasteiger charge is 2.22. The topological polar surface area (TPSA) is 61.9 Å². The Kier molecular flexibility index (Phi) is 4.39. The van der Waals surface area contributed by atoms with E-state index in [1.807, 2.05) is 38.1 Å². The number of carbonyl (C=O) groups is 1. The number of aromatic nitrogens is 3. The van der Waals surface area contributed by atoms with Gasteiger partial charge in [0.1, 0.15) is 5.82 Å². The molecule has 20 heavy (non-hydrogen) atoms. The van der Waals surface area contributed by atoms with Crippen LogP contribution in [0.5, 0.6) is 0 Å². The van der Waals surface area contributed by atoms with Crippen LogP contribution in [0, 0.1) is 6.92 Å². The van der Waals surface area contributed by atoms with Gasteiger partial charge in [-0.15, -0.1) is 5.10 Å². The zero-order chi connectivity index (χ0) is 14.7. The minimum Gasteiger partial charge on any atom is -0.329 e. The Labute approximate surface area is 123 Å². The maximum atomic E-state index is 12.4. The highest BCUT2D eigenvalue weighted by Crippen LogP contribution is 2.15. The summed E-state index contributed by atoms with van der Waals surface area (Å²) in [7, 11) is 0. The molecule has 0 unspecified atom stereocenters. The fourth-order valence-corrected chi connectivity index (χ4v) is 2.10. The van der Waals surface area contributed by atoms with Crippen molar-refractivity contribution in [1.29, 1.82) is 0 Å². The number of carbonyl (C=O) groups excluding carboxylic acids is 1. The number of H-pyrrole nitrogens is 1. The van der Waals surface area contributed by atoms with Crippen molar-refractivity contribution < 1.29 is 4.79 Å². The first-order chi connectivity index (χ1) is 9.47. The molecule has 1 heterocycles. The van der Waals surface area contributed by atoms with Crippen molar-refractivity contribution in [2.75, 3.05) is 0 Å². The molecule has 2 aromatic rings. The number of rotatable bonds is 4. The van der Waals surface area contributed by atoms with Gasteiger partial charge in [0.2, 0.25) is 5.82 Å². The van der Waals surface area contributed by atoms with E-state index in [0.29, 0.717) is 17.4 Å². The van der Waals surface area contributed by atoms with Gasteiger partial charge < -0.3 is 4.90 Å². The quantitative estimate of drug-likeness (QED) is 0.942. The van der Waals surface area contributed by atoms with Crippen LogP contribution in [0.3, 0.4) is 0 Å². The Morgan fingerprint density at radius 3 is 2.75 bits per heavy atom. The molecule has 1 aromatic carbocycles. The van der Waals surface area contributed by atoms with E-state index < -0.39 is 0 Å². The fourth-order valence-electron chi connectivity index (χ4n) is 1.89. The Bertz CT molecular complexity index is 609. The predicted octanol–water partition coefficient (Wildman–Crippen LogP) is 2.82. The van der Waals surface area contributed by atoms with Gasteiger partial charge in [0.05, 0.1) is 0 Å². The Balaban J connectivity index is 2.21. The average molecular weight is 293 g/mol. The third-order valence-corrected chi connectivity index (χ3v) is 3.15. The lowest BCUT2D eigenvalue weighted by atomic mass is 10.2. The molecule has 0 aliphatic rings. The molecule has 0 spiro atoms. The molecule has 0 saturated carbocycles. The summed E-state index contributed by atoms with van der Waals surface area (Å²) in [5.74, 6) is 0.627. The molecule has 0 atom stereocenters. The van der Waals surface area contributed by atoms with Crippen LogP contribution in [0.4, 0.5) is 0 Å². The molecule has 1 amide bonds. The lowest BCUT2D eigenvalue weighted by Crippen LogP contribution is -2.37. The molecule has 1 N–H and O–H groups in total. The van der Waals surface area contributed by atoms with Gasteiger partial charge in [0.15, 0.2) is 0 Å². The number of benzene rings is 1. The molecule has 5 nitrogen and oxygen atoms in total. The zero-order valence-electron chi connectivity index (χ0n) is 11.7. The van der Waals surface area contributed by atoms with E-state index in [-0.39, 0.29) is 17.8 Å². The van der Waals surface area contributed by atoms with Gasteiger partial charge in [-0.3, -0.25) is 9.89 Å². The Morgan fingerprint density at radius 2 is 2.20 bits per heavy atom. The smallest absolute Gasteiger partial charge is 0.294 e. The van der Waals surface area contributed by atoms with E-state index in [0.717, 1.165) is 5.56 Å². The first kappa shape index (κ1) is 14.5. The van der Waals surface area contributed by atoms with Crippen LogP contribution in [0.1, 0.15) is 35.9 Å². The van der Waals surface area contributed by atoms with E-state index in [9.17, 15) is 4.79 Å². The molecular weight excluding hydrogens is 276 g/mol. The minimum atomic E-state index is -0.190. The molecule has 6 heteroatoms. The van der Waals surface area contributed by atoms with Crippen molar-refractivity contribution in [2.45, 2.75) is 33.4 Å². The van der Waals surface area contributed by atoms with Crippen LogP contribution in [0.25, 0.3) is 0 Å². The lowest BCUT2D eigenvalue weighted by molar-refractivity contribution is 0.0678. The third kappa shape index (κ3) is 3.36. The van der Waals surface area contributed by atoms with Gasteiger partial charge in [-0.25, -0.2) is 4.98 Å². The van der Waals surface area contributed by atoms with Crippen molar-refractivity contribution in [3.63, 3.8) is 0 Å². The van der Waals surface area contributed by atoms with Crippen LogP contribution in [0.2, 0.25) is 5.02 Å². The first-order valence-electron chi connectivity index (χ1n) is 6.42. The maximum absolute atomic E-state index is 12.4. The summed E-state index contributed by atoms with van der Waals surface area (Å²) in [5, 5.41) is 7.27. The largest absolute Gasteiger partial charge is 0.329 e. The molecule has 0 aliphatic heterocycles. The Morgan fingerprint density at radius 1 is 1.45 bits per heavy atom. The summed E-state index contributed by atoms with van der Waals surface area (Å²) in [4.78, 5) is 18.2. The molecule has 106 valence electrons. The number of aromatic amines is 1. The Hall–Kier alpha value is -1.88. The van der Waals surface area contributed by atoms with E-state index in [1.165, 1.54) is 0 Å². The monoisotopic (exact) mass is 292 g/mol. The summed E-state index contributed by atoms with van der Waals surface area (Å²) < 4.78 is 0. The molecule has 0 radical (unpaired) electrons. The number of nitrogens with zero attached hydrogens (tertiary/aromatic N) is 3. The van der Waals surface area contributed by atoms with Gasteiger partial charge in [-0.1, -0.05) is 23.7 Å². The number of hydrogen-bond acceptors (Lipinski definition) is 3. The molecule has 0 bridgehead atoms. The van der Waals surface area contributed by atoms with Crippen LogP contribution < -0.4 is 0 Å². The molecule has 1 aromatic heterocycles. The van der Waals surface area contributed by atoms with Crippen molar-refractivity contribution >= 4 is 17.5 Å². The zero-order valence-corrected chi connectivity index (χ0v) is 12.5. The van der Waals surface area contributed by atoms with Crippen LogP contribution in [0.15, 0.2) is 24.3 Å². The van der Waals surface area contributed by atoms with E-state index in [4.69, 9.17) is 11.6 Å². The average Bonchev–Trinajstić information content (AvgIpc) is 2.82. The maximum Gasteiger partial charge on any atom is 0.294 e. The predicted molar refractivity (Wildman–Crippen MR) is 77.6 cm³/mol. The van der Waals surface area contributed by atoms with Gasteiger partial charge in [0, 0.05) is 17.6 Å². The molecular formula is C14H17ClN4O. The van der Waals surface area contributed by atoms with E-state index in [1.54, 1.807) is 11.8 Å². The number of hydrogen-bond donors (Lipinski definition) is 1. The summed E-state index contributed by atoms with van der Waals surface area (Å²) in [6.07, 6.45) is 0. The summed E-state index contributed by atoms with van der Waals surface area (Å²) in [5.41, 5.74) is 0.979. The fraction of sp³-hybridized carbons (Fsp3) is 0.357. The lowest BCUT2D eigenvalue weighted by Gasteiger charge is -2.25. The molecule has 2 rings (SSSR count). The third-order valence-electron chi connectivity index (χ3n) is 2.91. The summed E-state index contributed by atoms with van der Waals surface area (Å²) >= 11 is 5.97. The number of aryl methyl sites for hydroxylation is 1. The van der Waals surface area contributed by atoms with Gasteiger partial charge in [-0.2, -0.15) is 0 Å². The van der Waals surface area contributed by atoms with Crippen molar-refractivity contribution in [3.05, 3.63) is 46.5 Å². The van der Waals surface area contributed by atoms with E-state index >= 15 is 0 Å². The van der Waals surface area contributed by atoms with Gasteiger partial charge in [-0.05, 0) is 38.5 Å². The number of amides is 1. The number of nitrogens with one attached hydrogen (secondary N) is 1. The van der Waals surface area contributed by atoms with Crippen LogP contribution >= 0.6 is 11.6 Å². The SMILES string of the molecule is Cc1nc(C(=O)N(Cc2cccc(Cl)c2)C(C)C)n[nH]1. The minimum absolute atomic E-state index is 0.0419. The molecule has 0 aliphatic carbocycles. The summed E-state index contributed by atoms with van der Waals surface area (Å²) in [6, 6.07) is 7.52. The number of halogens is 1. The van der Waals surface area contributed by atoms with Crippen LogP contribution in [-0.2, 0) is 6.54 Å². The van der Waals surface area contributed by atoms with Crippen molar-refractivity contribution in [3.8, 4) is 0 Å². The summed E-state index contributed by atoms with van der Waals surface area (Å²) in [6.45, 7) is 6.16. The first-order valence-corrected chi connectivity index (χ1v) is 6.79. The van der Waals surface area contributed by atoms with Crippen molar-refractivity contribution in [1.82, 2.24) is 20.1 Å².